The van der Waals surface area contributed by atoms with Gasteiger partial charge >= 0.3 is 0 Å². The van der Waals surface area contributed by atoms with Crippen LogP contribution in [0.25, 0.3) is 0 Å². The lowest BCUT2D eigenvalue weighted by Gasteiger charge is -1.99. The maximum atomic E-state index is 5.58. The predicted molar refractivity (Wildman–Crippen MR) is 45.6 cm³/mol. The normalized spacial score (nSPS) is 10.3. The zero-order valence-electron chi connectivity index (χ0n) is 6.95. The Labute approximate surface area is 67.2 Å². The van der Waals surface area contributed by atoms with Gasteiger partial charge in [-0.1, -0.05) is 19.8 Å². The van der Waals surface area contributed by atoms with Crippen molar-refractivity contribution < 1.29 is 0 Å². The topological polar surface area (TPSA) is 43.8 Å². The summed E-state index contributed by atoms with van der Waals surface area (Å²) in [6.45, 7) is 2.19. The number of nitrogens with zero attached hydrogens (tertiary/aromatic N) is 2. The number of aryl methyl sites for hydroxylation is 1. The molecule has 0 amide bonds. The number of nitrogen functional groups attached to an aromatic ring is 1. The van der Waals surface area contributed by atoms with Crippen molar-refractivity contribution in [2.45, 2.75) is 32.6 Å². The number of hydrogen-bond acceptors (Lipinski definition) is 2. The molecule has 0 radical (unpaired) electrons. The van der Waals surface area contributed by atoms with E-state index in [2.05, 4.69) is 11.9 Å². The first-order valence-corrected chi connectivity index (χ1v) is 4.12. The molecule has 0 fully saturated rings. The van der Waals surface area contributed by atoms with Gasteiger partial charge in [-0.05, 0) is 6.42 Å². The molecule has 62 valence electrons. The van der Waals surface area contributed by atoms with Gasteiger partial charge < -0.3 is 5.84 Å². The predicted octanol–water partition coefficient (Wildman–Crippen LogP) is 1.33. The fourth-order valence-electron chi connectivity index (χ4n) is 1.07. The van der Waals surface area contributed by atoms with E-state index in [0.717, 1.165) is 12.2 Å². The maximum absolute atomic E-state index is 5.58. The molecule has 1 aromatic heterocycles. The molecule has 0 unspecified atom stereocenters. The molecule has 0 spiro atoms. The summed E-state index contributed by atoms with van der Waals surface area (Å²) in [6, 6.07) is 0. The summed E-state index contributed by atoms with van der Waals surface area (Å²) in [6.07, 6.45) is 8.20. The second kappa shape index (κ2) is 4.01. The molecule has 1 rings (SSSR count). The van der Waals surface area contributed by atoms with Crippen molar-refractivity contribution in [2.75, 3.05) is 5.84 Å². The first-order chi connectivity index (χ1) is 5.34. The van der Waals surface area contributed by atoms with E-state index < -0.39 is 0 Å². The second-order valence-corrected chi connectivity index (χ2v) is 2.71. The maximum Gasteiger partial charge on any atom is 0.127 e. The van der Waals surface area contributed by atoms with Gasteiger partial charge in [-0.3, -0.25) is 4.68 Å². The van der Waals surface area contributed by atoms with E-state index >= 15 is 0 Å². The van der Waals surface area contributed by atoms with Crippen molar-refractivity contribution in [3.8, 4) is 0 Å². The van der Waals surface area contributed by atoms with Crippen molar-refractivity contribution in [1.29, 1.82) is 0 Å². The highest BCUT2D eigenvalue weighted by molar-refractivity contribution is 4.91. The molecule has 0 aromatic carbocycles. The summed E-state index contributed by atoms with van der Waals surface area (Å²) in [5, 5.41) is 0. The zero-order valence-corrected chi connectivity index (χ0v) is 6.95. The third kappa shape index (κ3) is 2.26. The van der Waals surface area contributed by atoms with Gasteiger partial charge in [0.2, 0.25) is 0 Å². The van der Waals surface area contributed by atoms with Gasteiger partial charge in [0.1, 0.15) is 5.82 Å². The van der Waals surface area contributed by atoms with Crippen molar-refractivity contribution in [1.82, 2.24) is 9.66 Å². The van der Waals surface area contributed by atoms with Crippen LogP contribution in [0.5, 0.6) is 0 Å². The van der Waals surface area contributed by atoms with Crippen molar-refractivity contribution >= 4 is 0 Å². The van der Waals surface area contributed by atoms with Gasteiger partial charge in [-0.2, -0.15) is 0 Å². The van der Waals surface area contributed by atoms with Gasteiger partial charge in [-0.15, -0.1) is 0 Å². The largest absolute Gasteiger partial charge is 0.338 e. The molecule has 0 aliphatic heterocycles. The molecule has 0 saturated heterocycles. The molecule has 3 heteroatoms. The monoisotopic (exact) mass is 153 g/mol. The highest BCUT2D eigenvalue weighted by atomic mass is 15.3. The van der Waals surface area contributed by atoms with Crippen LogP contribution in [0, 0.1) is 0 Å². The van der Waals surface area contributed by atoms with Crippen molar-refractivity contribution in [3.63, 3.8) is 0 Å². The summed E-state index contributed by atoms with van der Waals surface area (Å²) in [4.78, 5) is 4.13. The van der Waals surface area contributed by atoms with Gasteiger partial charge in [-0.25, -0.2) is 4.98 Å². The van der Waals surface area contributed by atoms with Crippen LogP contribution in [0.15, 0.2) is 12.4 Å². The Morgan fingerprint density at radius 2 is 2.36 bits per heavy atom. The van der Waals surface area contributed by atoms with E-state index in [1.807, 2.05) is 0 Å². The van der Waals surface area contributed by atoms with Gasteiger partial charge in [0, 0.05) is 18.8 Å². The van der Waals surface area contributed by atoms with Crippen LogP contribution >= 0.6 is 0 Å². The van der Waals surface area contributed by atoms with Crippen LogP contribution in [-0.2, 0) is 6.42 Å². The smallest absolute Gasteiger partial charge is 0.127 e. The summed E-state index contributed by atoms with van der Waals surface area (Å²) in [5.74, 6) is 6.56. The number of imidazole rings is 1. The lowest BCUT2D eigenvalue weighted by molar-refractivity contribution is 0.681. The lowest BCUT2D eigenvalue weighted by Crippen LogP contribution is -2.11. The first-order valence-electron chi connectivity index (χ1n) is 4.12. The third-order valence-electron chi connectivity index (χ3n) is 1.75. The Morgan fingerprint density at radius 3 is 2.91 bits per heavy atom. The van der Waals surface area contributed by atoms with Crippen LogP contribution in [0.1, 0.15) is 32.0 Å². The Hall–Kier alpha value is -0.990. The average molecular weight is 153 g/mol. The molecule has 2 N–H and O–H groups in total. The average Bonchev–Trinajstić information content (AvgIpc) is 2.37. The Bertz CT molecular complexity index is 205. The van der Waals surface area contributed by atoms with Crippen LogP contribution in [-0.4, -0.2) is 9.66 Å². The van der Waals surface area contributed by atoms with Gasteiger partial charge in [0.15, 0.2) is 0 Å². The molecule has 0 aliphatic rings. The van der Waals surface area contributed by atoms with Crippen molar-refractivity contribution in [3.05, 3.63) is 18.2 Å². The van der Waals surface area contributed by atoms with Gasteiger partial charge in [0.05, 0.1) is 0 Å². The Kier molecular flexibility index (Phi) is 2.95. The van der Waals surface area contributed by atoms with E-state index in [-0.39, 0.29) is 0 Å². The number of hydrogen-bond donors (Lipinski definition) is 1. The standard InChI is InChI=1S/C8H15N3/c1-2-3-4-5-8-10-6-7-11(8)9/h6-7H,2-5,9H2,1H3. The third-order valence-corrected chi connectivity index (χ3v) is 1.75. The van der Waals surface area contributed by atoms with Crippen LogP contribution in [0.2, 0.25) is 0 Å². The van der Waals surface area contributed by atoms with E-state index in [1.165, 1.54) is 19.3 Å². The van der Waals surface area contributed by atoms with Gasteiger partial charge in [0.25, 0.3) is 0 Å². The SMILES string of the molecule is CCCCCc1nccn1N. The summed E-state index contributed by atoms with van der Waals surface area (Å²) < 4.78 is 1.59. The highest BCUT2D eigenvalue weighted by Crippen LogP contribution is 2.01. The molecule has 1 heterocycles. The van der Waals surface area contributed by atoms with Crippen molar-refractivity contribution in [2.24, 2.45) is 0 Å². The molecule has 0 bridgehead atoms. The van der Waals surface area contributed by atoms with E-state index in [9.17, 15) is 0 Å². The number of aromatic nitrogens is 2. The first kappa shape index (κ1) is 8.11. The molecule has 0 aliphatic carbocycles. The molecule has 1 aromatic rings. The van der Waals surface area contributed by atoms with Crippen LogP contribution in [0.4, 0.5) is 0 Å². The minimum absolute atomic E-state index is 0.985. The quantitative estimate of drug-likeness (QED) is 0.524. The number of nitrogens with two attached hydrogens (primary N) is 1. The molecular weight excluding hydrogens is 138 g/mol. The van der Waals surface area contributed by atoms with E-state index in [4.69, 9.17) is 5.84 Å². The molecule has 3 nitrogen and oxygen atoms in total. The number of unbranched alkanes of at least 4 members (excludes halogenated alkanes) is 2. The van der Waals surface area contributed by atoms with E-state index in [0.29, 0.717) is 0 Å². The second-order valence-electron chi connectivity index (χ2n) is 2.71. The zero-order chi connectivity index (χ0) is 8.10. The fraction of sp³-hybridized carbons (Fsp3) is 0.625. The summed E-state index contributed by atoms with van der Waals surface area (Å²) in [7, 11) is 0. The van der Waals surface area contributed by atoms with E-state index in [1.54, 1.807) is 17.1 Å². The van der Waals surface area contributed by atoms with Crippen LogP contribution < -0.4 is 5.84 Å². The Morgan fingerprint density at radius 1 is 1.55 bits per heavy atom. The lowest BCUT2D eigenvalue weighted by atomic mass is 10.2. The molecule has 0 atom stereocenters. The summed E-state index contributed by atoms with van der Waals surface area (Å²) in [5.41, 5.74) is 0. The Balaban J connectivity index is 2.32. The molecular formula is C8H15N3. The summed E-state index contributed by atoms with van der Waals surface area (Å²) >= 11 is 0. The molecule has 0 saturated carbocycles. The van der Waals surface area contributed by atoms with Crippen LogP contribution in [0.3, 0.4) is 0 Å². The molecule has 11 heavy (non-hydrogen) atoms. The number of rotatable bonds is 4. The minimum Gasteiger partial charge on any atom is -0.338 e. The fourth-order valence-corrected chi connectivity index (χ4v) is 1.07. The minimum atomic E-state index is 0.985. The highest BCUT2D eigenvalue weighted by Gasteiger charge is 1.97.